The molecule has 0 N–H and O–H groups in total. The number of aryl methyl sites for hydroxylation is 2. The summed E-state index contributed by atoms with van der Waals surface area (Å²) in [5, 5.41) is 0. The molecule has 0 radical (unpaired) electrons. The molecule has 0 amide bonds. The highest BCUT2D eigenvalue weighted by molar-refractivity contribution is 5.36. The summed E-state index contributed by atoms with van der Waals surface area (Å²) in [5.74, 6) is 1.61. The molecule has 1 aliphatic heterocycles. The van der Waals surface area contributed by atoms with Crippen LogP contribution in [0.25, 0.3) is 0 Å². The quantitative estimate of drug-likeness (QED) is 0.824. The van der Waals surface area contributed by atoms with Crippen molar-refractivity contribution >= 4 is 5.82 Å². The molecule has 6 heteroatoms. The minimum atomic E-state index is -0.121. The van der Waals surface area contributed by atoms with E-state index >= 15 is 0 Å². The van der Waals surface area contributed by atoms with E-state index in [9.17, 15) is 0 Å². The summed E-state index contributed by atoms with van der Waals surface area (Å²) < 4.78 is 5.81. The Morgan fingerprint density at radius 1 is 1.20 bits per heavy atom. The number of hydrogen-bond acceptors (Lipinski definition) is 6. The number of anilines is 1. The topological polar surface area (TPSA) is 64.0 Å². The van der Waals surface area contributed by atoms with Crippen LogP contribution in [0.4, 0.5) is 5.82 Å². The molecule has 0 aromatic carbocycles. The van der Waals surface area contributed by atoms with E-state index in [1.807, 2.05) is 19.9 Å². The van der Waals surface area contributed by atoms with Crippen LogP contribution in [0.5, 0.6) is 0 Å². The molecule has 0 aliphatic carbocycles. The Balaban J connectivity index is 1.81. The van der Waals surface area contributed by atoms with Gasteiger partial charge in [-0.15, -0.1) is 0 Å². The van der Waals surface area contributed by atoms with Gasteiger partial charge < -0.3 is 9.64 Å². The lowest BCUT2D eigenvalue weighted by Crippen LogP contribution is -2.39. The summed E-state index contributed by atoms with van der Waals surface area (Å²) in [6.45, 7) is 6.09. The van der Waals surface area contributed by atoms with Crippen LogP contribution in [0.2, 0.25) is 0 Å². The first-order valence-corrected chi connectivity index (χ1v) is 6.67. The molecule has 6 nitrogen and oxygen atoms in total. The van der Waals surface area contributed by atoms with Gasteiger partial charge in [-0.1, -0.05) is 0 Å². The molecule has 2 aromatic rings. The van der Waals surface area contributed by atoms with Crippen molar-refractivity contribution in [3.05, 3.63) is 41.9 Å². The van der Waals surface area contributed by atoms with Gasteiger partial charge in [-0.3, -0.25) is 4.98 Å². The zero-order chi connectivity index (χ0) is 13.9. The van der Waals surface area contributed by atoms with Crippen molar-refractivity contribution in [1.82, 2.24) is 19.9 Å². The largest absolute Gasteiger partial charge is 0.367 e. The van der Waals surface area contributed by atoms with E-state index in [0.29, 0.717) is 13.2 Å². The van der Waals surface area contributed by atoms with Crippen LogP contribution >= 0.6 is 0 Å². The zero-order valence-electron chi connectivity index (χ0n) is 11.7. The van der Waals surface area contributed by atoms with Crippen LogP contribution in [-0.4, -0.2) is 39.6 Å². The Morgan fingerprint density at radius 3 is 2.70 bits per heavy atom. The lowest BCUT2D eigenvalue weighted by Gasteiger charge is -2.32. The van der Waals surface area contributed by atoms with Gasteiger partial charge in [0.05, 0.1) is 19.3 Å². The number of nitrogens with zero attached hydrogens (tertiary/aromatic N) is 5. The summed E-state index contributed by atoms with van der Waals surface area (Å²) in [6, 6.07) is 1.97. The van der Waals surface area contributed by atoms with Gasteiger partial charge in [-0.2, -0.15) is 0 Å². The Labute approximate surface area is 117 Å². The predicted octanol–water partition coefficient (Wildman–Crippen LogP) is 1.46. The van der Waals surface area contributed by atoms with Crippen molar-refractivity contribution in [2.75, 3.05) is 24.6 Å². The summed E-state index contributed by atoms with van der Waals surface area (Å²) in [7, 11) is 0. The summed E-state index contributed by atoms with van der Waals surface area (Å²) in [4.78, 5) is 19.6. The van der Waals surface area contributed by atoms with Gasteiger partial charge in [0.2, 0.25) is 0 Å². The molecule has 3 heterocycles. The summed E-state index contributed by atoms with van der Waals surface area (Å²) in [6.07, 6.45) is 5.02. The van der Waals surface area contributed by atoms with Crippen LogP contribution in [0.1, 0.15) is 23.3 Å². The second-order valence-electron chi connectivity index (χ2n) is 4.88. The second kappa shape index (κ2) is 5.50. The smallest absolute Gasteiger partial charge is 0.159 e. The maximum atomic E-state index is 5.81. The highest BCUT2D eigenvalue weighted by Gasteiger charge is 2.25. The third-order valence-electron chi connectivity index (χ3n) is 3.23. The Morgan fingerprint density at radius 2 is 2.00 bits per heavy atom. The third kappa shape index (κ3) is 2.75. The molecule has 2 aromatic heterocycles. The Bertz CT molecular complexity index is 569. The molecular formula is C14H17N5O. The van der Waals surface area contributed by atoms with Crippen LogP contribution in [0.3, 0.4) is 0 Å². The van der Waals surface area contributed by atoms with Crippen molar-refractivity contribution in [1.29, 1.82) is 0 Å². The van der Waals surface area contributed by atoms with Crippen molar-refractivity contribution in [2.45, 2.75) is 20.0 Å². The SMILES string of the molecule is Cc1cc(C)nc([C@@H]2CN(c3cnccn3)CCO2)n1. The van der Waals surface area contributed by atoms with Crippen molar-refractivity contribution in [3.8, 4) is 0 Å². The number of rotatable bonds is 2. The minimum Gasteiger partial charge on any atom is -0.367 e. The lowest BCUT2D eigenvalue weighted by atomic mass is 10.2. The van der Waals surface area contributed by atoms with E-state index in [0.717, 1.165) is 29.6 Å². The number of aromatic nitrogens is 4. The number of ether oxygens (including phenoxy) is 1. The standard InChI is InChI=1S/C14H17N5O/c1-10-7-11(2)18-14(17-10)12-9-19(5-6-20-12)13-8-15-3-4-16-13/h3-4,7-8,12H,5-6,9H2,1-2H3/t12-/m0/s1. The van der Waals surface area contributed by atoms with Crippen molar-refractivity contribution in [2.24, 2.45) is 0 Å². The fraction of sp³-hybridized carbons (Fsp3) is 0.429. The van der Waals surface area contributed by atoms with Crippen LogP contribution in [0, 0.1) is 13.8 Å². The first-order valence-electron chi connectivity index (χ1n) is 6.67. The molecule has 0 bridgehead atoms. The van der Waals surface area contributed by atoms with Gasteiger partial charge in [0.15, 0.2) is 5.82 Å². The summed E-state index contributed by atoms with van der Waals surface area (Å²) in [5.41, 5.74) is 1.93. The molecule has 104 valence electrons. The highest BCUT2D eigenvalue weighted by atomic mass is 16.5. The molecular weight excluding hydrogens is 254 g/mol. The van der Waals surface area contributed by atoms with E-state index < -0.39 is 0 Å². The average molecular weight is 271 g/mol. The third-order valence-corrected chi connectivity index (χ3v) is 3.23. The fourth-order valence-electron chi connectivity index (χ4n) is 2.37. The van der Waals surface area contributed by atoms with Gasteiger partial charge >= 0.3 is 0 Å². The molecule has 1 fully saturated rings. The van der Waals surface area contributed by atoms with Gasteiger partial charge in [-0.25, -0.2) is 15.0 Å². The molecule has 0 unspecified atom stereocenters. The van der Waals surface area contributed by atoms with E-state index in [2.05, 4.69) is 24.8 Å². The summed E-state index contributed by atoms with van der Waals surface area (Å²) >= 11 is 0. The lowest BCUT2D eigenvalue weighted by molar-refractivity contribution is 0.0335. The van der Waals surface area contributed by atoms with E-state index in [-0.39, 0.29) is 6.10 Å². The first kappa shape index (κ1) is 12.9. The molecule has 1 atom stereocenters. The number of morpholine rings is 1. The van der Waals surface area contributed by atoms with Gasteiger partial charge in [-0.05, 0) is 19.9 Å². The fourth-order valence-corrected chi connectivity index (χ4v) is 2.37. The molecule has 20 heavy (non-hydrogen) atoms. The van der Waals surface area contributed by atoms with E-state index in [1.54, 1.807) is 18.6 Å². The van der Waals surface area contributed by atoms with Crippen molar-refractivity contribution in [3.63, 3.8) is 0 Å². The molecule has 1 saturated heterocycles. The van der Waals surface area contributed by atoms with Crippen LogP contribution in [-0.2, 0) is 4.74 Å². The Hall–Kier alpha value is -2.08. The van der Waals surface area contributed by atoms with E-state index in [4.69, 9.17) is 4.74 Å². The maximum Gasteiger partial charge on any atom is 0.159 e. The second-order valence-corrected chi connectivity index (χ2v) is 4.88. The highest BCUT2D eigenvalue weighted by Crippen LogP contribution is 2.22. The minimum absolute atomic E-state index is 0.121. The number of hydrogen-bond donors (Lipinski definition) is 0. The molecule has 1 aliphatic rings. The average Bonchev–Trinajstić information content (AvgIpc) is 2.47. The van der Waals surface area contributed by atoms with E-state index in [1.165, 1.54) is 0 Å². The first-order chi connectivity index (χ1) is 9.72. The van der Waals surface area contributed by atoms with Gasteiger partial charge in [0.1, 0.15) is 11.9 Å². The van der Waals surface area contributed by atoms with Crippen molar-refractivity contribution < 1.29 is 4.74 Å². The Kier molecular flexibility index (Phi) is 3.56. The normalized spacial score (nSPS) is 19.1. The maximum absolute atomic E-state index is 5.81. The van der Waals surface area contributed by atoms with Gasteiger partial charge in [0.25, 0.3) is 0 Å². The van der Waals surface area contributed by atoms with Gasteiger partial charge in [0, 0.05) is 30.3 Å². The molecule has 0 saturated carbocycles. The predicted molar refractivity (Wildman–Crippen MR) is 74.4 cm³/mol. The van der Waals surface area contributed by atoms with Crippen LogP contribution < -0.4 is 4.90 Å². The zero-order valence-corrected chi connectivity index (χ0v) is 11.7. The molecule has 3 rings (SSSR count). The molecule has 0 spiro atoms. The monoisotopic (exact) mass is 271 g/mol. The van der Waals surface area contributed by atoms with Crippen LogP contribution in [0.15, 0.2) is 24.7 Å².